The number of ketones is 1. The van der Waals surface area contributed by atoms with Gasteiger partial charge in [-0.15, -0.1) is 11.3 Å². The Morgan fingerprint density at radius 2 is 2.40 bits per heavy atom. The van der Waals surface area contributed by atoms with Gasteiger partial charge in [0, 0.05) is 28.5 Å². The Balaban J connectivity index is 2.17. The van der Waals surface area contributed by atoms with E-state index in [0.717, 1.165) is 28.5 Å². The molecule has 0 bridgehead atoms. The van der Waals surface area contributed by atoms with Crippen molar-refractivity contribution >= 4 is 28.9 Å². The molecule has 0 amide bonds. The predicted molar refractivity (Wildman–Crippen MR) is 67.1 cm³/mol. The van der Waals surface area contributed by atoms with E-state index in [1.165, 1.54) is 0 Å². The topological polar surface area (TPSA) is 20.3 Å². The first kappa shape index (κ1) is 11.2. The molecule has 0 saturated carbocycles. The van der Waals surface area contributed by atoms with Crippen LogP contribution in [0.5, 0.6) is 0 Å². The van der Waals surface area contributed by atoms with Crippen molar-refractivity contribution in [2.24, 2.45) is 0 Å². The highest BCUT2D eigenvalue weighted by Crippen LogP contribution is 2.22. The molecule has 1 aliphatic rings. The quantitative estimate of drug-likeness (QED) is 0.741. The van der Waals surface area contributed by atoms with Crippen molar-refractivity contribution in [2.75, 3.05) is 25.1 Å². The van der Waals surface area contributed by atoms with Gasteiger partial charge in [-0.3, -0.25) is 9.69 Å². The van der Waals surface area contributed by atoms with Crippen LogP contribution in [0.1, 0.15) is 15.2 Å². The van der Waals surface area contributed by atoms with Gasteiger partial charge in [-0.25, -0.2) is 0 Å². The molecule has 4 heteroatoms. The third kappa shape index (κ3) is 2.27. The molecule has 0 spiro atoms. The standard InChI is InChI=1S/C11H15NOS2/c1-8-9(3-5-15-8)11(13)10-7-14-6-4-12(10)2/h3,5,10H,4,6-7H2,1-2H3. The van der Waals surface area contributed by atoms with Crippen molar-refractivity contribution in [1.82, 2.24) is 4.90 Å². The molecular formula is C11H15NOS2. The van der Waals surface area contributed by atoms with Crippen molar-refractivity contribution in [1.29, 1.82) is 0 Å². The molecule has 1 unspecified atom stereocenters. The monoisotopic (exact) mass is 241 g/mol. The second-order valence-electron chi connectivity index (χ2n) is 3.83. The van der Waals surface area contributed by atoms with Crippen LogP contribution >= 0.6 is 23.1 Å². The van der Waals surface area contributed by atoms with E-state index < -0.39 is 0 Å². The molecule has 1 aliphatic heterocycles. The molecule has 0 radical (unpaired) electrons. The molecule has 2 rings (SSSR count). The molecule has 1 saturated heterocycles. The van der Waals surface area contributed by atoms with Crippen LogP contribution in [0.15, 0.2) is 11.4 Å². The highest BCUT2D eigenvalue weighted by molar-refractivity contribution is 7.99. The van der Waals surface area contributed by atoms with Gasteiger partial charge < -0.3 is 0 Å². The van der Waals surface area contributed by atoms with E-state index >= 15 is 0 Å². The van der Waals surface area contributed by atoms with Crippen molar-refractivity contribution in [3.63, 3.8) is 0 Å². The van der Waals surface area contributed by atoms with Gasteiger partial charge in [0.05, 0.1) is 6.04 Å². The summed E-state index contributed by atoms with van der Waals surface area (Å²) >= 11 is 3.53. The summed E-state index contributed by atoms with van der Waals surface area (Å²) in [6, 6.07) is 2.03. The summed E-state index contributed by atoms with van der Waals surface area (Å²) in [5.41, 5.74) is 0.916. The molecule has 82 valence electrons. The lowest BCUT2D eigenvalue weighted by atomic mass is 10.1. The average Bonchev–Trinajstić information content (AvgIpc) is 2.64. The van der Waals surface area contributed by atoms with E-state index in [1.807, 2.05) is 37.2 Å². The zero-order chi connectivity index (χ0) is 10.8. The van der Waals surface area contributed by atoms with Gasteiger partial charge in [-0.1, -0.05) is 0 Å². The third-order valence-corrected chi connectivity index (χ3v) is 4.69. The first-order valence-electron chi connectivity index (χ1n) is 5.06. The number of Topliss-reactive ketones (excluding diaryl/α,β-unsaturated/α-hetero) is 1. The Labute approximate surface area is 98.7 Å². The van der Waals surface area contributed by atoms with Crippen LogP contribution in [0.3, 0.4) is 0 Å². The minimum Gasteiger partial charge on any atom is -0.295 e. The Kier molecular flexibility index (Phi) is 3.49. The normalized spacial score (nSPS) is 22.9. The summed E-state index contributed by atoms with van der Waals surface area (Å²) in [4.78, 5) is 15.6. The van der Waals surface area contributed by atoms with E-state index in [2.05, 4.69) is 4.90 Å². The lowest BCUT2D eigenvalue weighted by molar-refractivity contribution is 0.0874. The van der Waals surface area contributed by atoms with E-state index in [1.54, 1.807) is 11.3 Å². The maximum absolute atomic E-state index is 12.2. The summed E-state index contributed by atoms with van der Waals surface area (Å²) in [5.74, 6) is 2.37. The van der Waals surface area contributed by atoms with Gasteiger partial charge in [-0.2, -0.15) is 11.8 Å². The molecule has 0 aliphatic carbocycles. The third-order valence-electron chi connectivity index (χ3n) is 2.82. The molecule has 1 atom stereocenters. The molecule has 1 aromatic heterocycles. The Bertz CT molecular complexity index is 361. The van der Waals surface area contributed by atoms with E-state index in [4.69, 9.17) is 0 Å². The Morgan fingerprint density at radius 3 is 3.00 bits per heavy atom. The fourth-order valence-electron chi connectivity index (χ4n) is 1.78. The first-order chi connectivity index (χ1) is 7.20. The lowest BCUT2D eigenvalue weighted by Gasteiger charge is -2.30. The predicted octanol–water partition coefficient (Wildman–Crippen LogP) is 2.29. The fourth-order valence-corrected chi connectivity index (χ4v) is 3.70. The molecular weight excluding hydrogens is 226 g/mol. The van der Waals surface area contributed by atoms with Gasteiger partial charge in [0.2, 0.25) is 0 Å². The molecule has 2 nitrogen and oxygen atoms in total. The van der Waals surface area contributed by atoms with Crippen molar-refractivity contribution < 1.29 is 4.79 Å². The van der Waals surface area contributed by atoms with Gasteiger partial charge in [0.15, 0.2) is 5.78 Å². The van der Waals surface area contributed by atoms with Crippen molar-refractivity contribution in [2.45, 2.75) is 13.0 Å². The van der Waals surface area contributed by atoms with E-state index in [0.29, 0.717) is 5.78 Å². The number of nitrogens with zero attached hydrogens (tertiary/aromatic N) is 1. The number of likely N-dealkylation sites (N-methyl/N-ethyl adjacent to an activating group) is 1. The summed E-state index contributed by atoms with van der Waals surface area (Å²) in [6.45, 7) is 3.04. The fraction of sp³-hybridized carbons (Fsp3) is 0.545. The number of hydrogen-bond donors (Lipinski definition) is 0. The number of rotatable bonds is 2. The zero-order valence-electron chi connectivity index (χ0n) is 9.03. The first-order valence-corrected chi connectivity index (χ1v) is 7.10. The minimum atomic E-state index is 0.0806. The van der Waals surface area contributed by atoms with Gasteiger partial charge in [0.25, 0.3) is 0 Å². The van der Waals surface area contributed by atoms with Crippen LogP contribution in [-0.4, -0.2) is 41.8 Å². The summed E-state index contributed by atoms with van der Waals surface area (Å²) < 4.78 is 0. The minimum absolute atomic E-state index is 0.0806. The molecule has 0 aromatic carbocycles. The van der Waals surface area contributed by atoms with Crippen LogP contribution < -0.4 is 0 Å². The van der Waals surface area contributed by atoms with Crippen molar-refractivity contribution in [3.05, 3.63) is 21.9 Å². The van der Waals surface area contributed by atoms with Gasteiger partial charge in [0.1, 0.15) is 0 Å². The Hall–Kier alpha value is -0.320. The summed E-state index contributed by atoms with van der Waals surface area (Å²) in [6.07, 6.45) is 0. The Morgan fingerprint density at radius 1 is 1.60 bits per heavy atom. The number of carbonyl (C=O) groups excluding carboxylic acids is 1. The van der Waals surface area contributed by atoms with Crippen LogP contribution in [0.2, 0.25) is 0 Å². The SMILES string of the molecule is Cc1sccc1C(=O)C1CSCCN1C. The molecule has 1 aromatic rings. The second kappa shape index (κ2) is 4.68. The van der Waals surface area contributed by atoms with Gasteiger partial charge in [-0.05, 0) is 25.4 Å². The number of aryl methyl sites for hydroxylation is 1. The van der Waals surface area contributed by atoms with Crippen LogP contribution in [-0.2, 0) is 0 Å². The number of thiophene rings is 1. The summed E-state index contributed by atoms with van der Waals surface area (Å²) in [5, 5.41) is 2.00. The molecule has 0 N–H and O–H groups in total. The van der Waals surface area contributed by atoms with E-state index in [-0.39, 0.29) is 6.04 Å². The number of carbonyl (C=O) groups is 1. The highest BCUT2D eigenvalue weighted by Gasteiger charge is 2.28. The average molecular weight is 241 g/mol. The molecule has 2 heterocycles. The zero-order valence-corrected chi connectivity index (χ0v) is 10.7. The van der Waals surface area contributed by atoms with E-state index in [9.17, 15) is 4.79 Å². The van der Waals surface area contributed by atoms with Gasteiger partial charge >= 0.3 is 0 Å². The number of thioether (sulfide) groups is 1. The van der Waals surface area contributed by atoms with Crippen LogP contribution in [0.25, 0.3) is 0 Å². The van der Waals surface area contributed by atoms with Crippen LogP contribution in [0.4, 0.5) is 0 Å². The smallest absolute Gasteiger partial charge is 0.181 e. The lowest BCUT2D eigenvalue weighted by Crippen LogP contribution is -2.44. The largest absolute Gasteiger partial charge is 0.295 e. The molecule has 1 fully saturated rings. The van der Waals surface area contributed by atoms with Crippen molar-refractivity contribution in [3.8, 4) is 0 Å². The second-order valence-corrected chi connectivity index (χ2v) is 6.10. The molecule has 15 heavy (non-hydrogen) atoms. The maximum Gasteiger partial charge on any atom is 0.181 e. The number of hydrogen-bond acceptors (Lipinski definition) is 4. The summed E-state index contributed by atoms with van der Waals surface area (Å²) in [7, 11) is 2.05. The maximum atomic E-state index is 12.2. The highest BCUT2D eigenvalue weighted by atomic mass is 32.2. The van der Waals surface area contributed by atoms with Crippen LogP contribution in [0, 0.1) is 6.92 Å².